The highest BCUT2D eigenvalue weighted by Crippen LogP contribution is 2.33. The zero-order chi connectivity index (χ0) is 15.5. The fraction of sp³-hybridized carbons (Fsp3) is 0.364. The lowest BCUT2D eigenvalue weighted by Gasteiger charge is -2.17. The lowest BCUT2D eigenvalue weighted by Crippen LogP contribution is -2.30. The average Bonchev–Trinajstić information content (AvgIpc) is 2.36. The number of hydrogen-bond donors (Lipinski definition) is 0. The van der Waals surface area contributed by atoms with E-state index < -0.39 is 19.9 Å². The van der Waals surface area contributed by atoms with Crippen molar-refractivity contribution in [2.24, 2.45) is 0 Å². The molecule has 0 N–H and O–H groups in total. The van der Waals surface area contributed by atoms with Crippen LogP contribution >= 0.6 is 33.9 Å². The van der Waals surface area contributed by atoms with Gasteiger partial charge < -0.3 is 9.64 Å². The van der Waals surface area contributed by atoms with Gasteiger partial charge in [-0.1, -0.05) is 23.2 Å². The van der Waals surface area contributed by atoms with Crippen LogP contribution in [0.3, 0.4) is 0 Å². The molecule has 0 saturated heterocycles. The normalized spacial score (nSPS) is 11.4. The summed E-state index contributed by atoms with van der Waals surface area (Å²) in [5, 5.41) is -0.269. The first-order chi connectivity index (χ1) is 9.18. The van der Waals surface area contributed by atoms with Crippen LogP contribution in [0.1, 0.15) is 10.4 Å². The van der Waals surface area contributed by atoms with Crippen LogP contribution in [0.25, 0.3) is 0 Å². The molecule has 9 heteroatoms. The fourth-order valence-corrected chi connectivity index (χ4v) is 3.18. The summed E-state index contributed by atoms with van der Waals surface area (Å²) >= 11 is 11.6. The van der Waals surface area contributed by atoms with E-state index in [0.717, 1.165) is 6.07 Å². The number of ether oxygens (including phenoxy) is 1. The first-order valence-electron chi connectivity index (χ1n) is 5.36. The van der Waals surface area contributed by atoms with Gasteiger partial charge in [0.1, 0.15) is 4.90 Å². The monoisotopic (exact) mass is 359 g/mol. The van der Waals surface area contributed by atoms with Gasteiger partial charge in [-0.05, 0) is 12.1 Å². The molecule has 0 spiro atoms. The van der Waals surface area contributed by atoms with E-state index in [0.29, 0.717) is 13.2 Å². The highest BCUT2D eigenvalue weighted by Gasteiger charge is 2.22. The van der Waals surface area contributed by atoms with E-state index in [9.17, 15) is 13.2 Å². The van der Waals surface area contributed by atoms with Gasteiger partial charge in [0.2, 0.25) is 0 Å². The molecule has 5 nitrogen and oxygen atoms in total. The van der Waals surface area contributed by atoms with Crippen molar-refractivity contribution in [1.82, 2.24) is 4.90 Å². The van der Waals surface area contributed by atoms with Crippen LogP contribution in [-0.2, 0) is 13.8 Å². The second kappa shape index (κ2) is 6.95. The number of hydrogen-bond acceptors (Lipinski definition) is 4. The summed E-state index contributed by atoms with van der Waals surface area (Å²) in [6.07, 6.45) is 0. The molecule has 20 heavy (non-hydrogen) atoms. The molecule has 0 fully saturated rings. The summed E-state index contributed by atoms with van der Waals surface area (Å²) in [4.78, 5) is 13.1. The number of rotatable bonds is 5. The molecule has 1 aromatic rings. The molecule has 0 heterocycles. The Hall–Kier alpha value is -0.530. The van der Waals surface area contributed by atoms with Crippen molar-refractivity contribution in [3.05, 3.63) is 27.7 Å². The van der Waals surface area contributed by atoms with Crippen molar-refractivity contribution in [1.29, 1.82) is 0 Å². The summed E-state index contributed by atoms with van der Waals surface area (Å²) in [5.41, 5.74) is 0.0808. The van der Waals surface area contributed by atoms with E-state index in [1.54, 1.807) is 7.05 Å². The number of amides is 1. The number of likely N-dealkylation sites (N-methyl/N-ethyl adjacent to an activating group) is 1. The quantitative estimate of drug-likeness (QED) is 0.757. The Balaban J connectivity index is 3.21. The first kappa shape index (κ1) is 17.5. The van der Waals surface area contributed by atoms with Crippen LogP contribution in [0, 0.1) is 0 Å². The topological polar surface area (TPSA) is 63.7 Å². The molecular formula is C11H12Cl3NO4S. The lowest BCUT2D eigenvalue weighted by atomic mass is 10.2. The summed E-state index contributed by atoms with van der Waals surface area (Å²) in [7, 11) is 4.23. The molecule has 0 radical (unpaired) electrons. The van der Waals surface area contributed by atoms with Crippen molar-refractivity contribution >= 4 is 48.8 Å². The van der Waals surface area contributed by atoms with Gasteiger partial charge in [-0.25, -0.2) is 8.42 Å². The molecule has 0 atom stereocenters. The predicted octanol–water partition coefficient (Wildman–Crippen LogP) is 2.64. The Morgan fingerprint density at radius 2 is 1.95 bits per heavy atom. The molecule has 112 valence electrons. The third-order valence-electron chi connectivity index (χ3n) is 2.48. The molecule has 1 rings (SSSR count). The molecular weight excluding hydrogens is 349 g/mol. The maximum atomic E-state index is 12.1. The van der Waals surface area contributed by atoms with E-state index in [2.05, 4.69) is 0 Å². The maximum Gasteiger partial charge on any atom is 0.262 e. The van der Waals surface area contributed by atoms with Crippen LogP contribution in [0.4, 0.5) is 0 Å². The van der Waals surface area contributed by atoms with Gasteiger partial charge in [0.15, 0.2) is 0 Å². The molecule has 1 aromatic carbocycles. The number of carbonyl (C=O) groups is 1. The van der Waals surface area contributed by atoms with Crippen molar-refractivity contribution in [3.8, 4) is 0 Å². The Kier molecular flexibility index (Phi) is 6.09. The Labute approximate surface area is 131 Å². The minimum absolute atomic E-state index is 0.0584. The van der Waals surface area contributed by atoms with E-state index in [1.807, 2.05) is 0 Å². The van der Waals surface area contributed by atoms with Gasteiger partial charge in [-0.3, -0.25) is 4.79 Å². The second-order valence-electron chi connectivity index (χ2n) is 3.93. The zero-order valence-electron chi connectivity index (χ0n) is 10.7. The maximum absolute atomic E-state index is 12.1. The number of benzene rings is 1. The van der Waals surface area contributed by atoms with Crippen molar-refractivity contribution < 1.29 is 17.9 Å². The van der Waals surface area contributed by atoms with Gasteiger partial charge in [0.25, 0.3) is 15.0 Å². The van der Waals surface area contributed by atoms with Crippen LogP contribution in [0.2, 0.25) is 10.0 Å². The molecule has 0 bridgehead atoms. The van der Waals surface area contributed by atoms with Crippen molar-refractivity contribution in [2.75, 3.05) is 27.3 Å². The lowest BCUT2D eigenvalue weighted by molar-refractivity contribution is 0.0744. The van der Waals surface area contributed by atoms with Gasteiger partial charge >= 0.3 is 0 Å². The SMILES string of the molecule is COCCN(C)C(=O)c1cc(Cl)c(Cl)c(S(=O)(=O)Cl)c1. The van der Waals surface area contributed by atoms with Crippen molar-refractivity contribution in [2.45, 2.75) is 4.90 Å². The average molecular weight is 361 g/mol. The van der Waals surface area contributed by atoms with Gasteiger partial charge in [0, 0.05) is 36.9 Å². The van der Waals surface area contributed by atoms with Crippen LogP contribution in [0.15, 0.2) is 17.0 Å². The molecule has 1 amide bonds. The third kappa shape index (κ3) is 4.23. The van der Waals surface area contributed by atoms with Gasteiger partial charge in [0.05, 0.1) is 16.7 Å². The Bertz CT molecular complexity index is 618. The van der Waals surface area contributed by atoms with Crippen LogP contribution in [-0.4, -0.2) is 46.5 Å². The summed E-state index contributed by atoms with van der Waals surface area (Å²) < 4.78 is 27.7. The fourth-order valence-electron chi connectivity index (χ4n) is 1.41. The van der Waals surface area contributed by atoms with Gasteiger partial charge in [-0.15, -0.1) is 0 Å². The summed E-state index contributed by atoms with van der Waals surface area (Å²) in [6, 6.07) is 2.39. The van der Waals surface area contributed by atoms with E-state index >= 15 is 0 Å². The van der Waals surface area contributed by atoms with Gasteiger partial charge in [-0.2, -0.15) is 0 Å². The predicted molar refractivity (Wildman–Crippen MR) is 78.3 cm³/mol. The Morgan fingerprint density at radius 3 is 2.45 bits per heavy atom. The molecule has 0 saturated carbocycles. The molecule has 0 aliphatic carbocycles. The molecule has 0 aliphatic rings. The highest BCUT2D eigenvalue weighted by molar-refractivity contribution is 8.13. The minimum atomic E-state index is -4.09. The zero-order valence-corrected chi connectivity index (χ0v) is 13.8. The van der Waals surface area contributed by atoms with Crippen LogP contribution in [0.5, 0.6) is 0 Å². The summed E-state index contributed by atoms with van der Waals surface area (Å²) in [6.45, 7) is 0.697. The van der Waals surface area contributed by atoms with Crippen LogP contribution < -0.4 is 0 Å². The van der Waals surface area contributed by atoms with E-state index in [1.165, 1.54) is 18.1 Å². The first-order valence-corrected chi connectivity index (χ1v) is 8.43. The third-order valence-corrected chi connectivity index (χ3v) is 4.74. The minimum Gasteiger partial charge on any atom is -0.383 e. The summed E-state index contributed by atoms with van der Waals surface area (Å²) in [5.74, 6) is -0.415. The van der Waals surface area contributed by atoms with Crippen molar-refractivity contribution in [3.63, 3.8) is 0 Å². The standard InChI is InChI=1S/C11H12Cl3NO4S/c1-15(3-4-19-2)11(16)7-5-8(12)10(13)9(6-7)20(14,17)18/h5-6H,3-4H2,1-2H3. The number of carbonyl (C=O) groups excluding carboxylic acids is 1. The second-order valence-corrected chi connectivity index (χ2v) is 7.25. The smallest absolute Gasteiger partial charge is 0.262 e. The highest BCUT2D eigenvalue weighted by atomic mass is 35.7. The molecule has 0 aromatic heterocycles. The number of methoxy groups -OCH3 is 1. The number of nitrogens with zero attached hydrogens (tertiary/aromatic N) is 1. The largest absolute Gasteiger partial charge is 0.383 e. The Morgan fingerprint density at radius 1 is 1.35 bits per heavy atom. The van der Waals surface area contributed by atoms with E-state index in [-0.39, 0.29) is 15.6 Å². The van der Waals surface area contributed by atoms with E-state index in [4.69, 9.17) is 38.6 Å². The molecule has 0 unspecified atom stereocenters. The number of halogens is 3. The molecule has 0 aliphatic heterocycles.